The van der Waals surface area contributed by atoms with Gasteiger partial charge in [-0.25, -0.2) is 4.79 Å². The highest BCUT2D eigenvalue weighted by atomic mass is 16.5. The van der Waals surface area contributed by atoms with Gasteiger partial charge in [0.1, 0.15) is 18.3 Å². The summed E-state index contributed by atoms with van der Waals surface area (Å²) in [4.78, 5) is 23.8. The molecule has 0 heterocycles. The van der Waals surface area contributed by atoms with Gasteiger partial charge in [-0.2, -0.15) is 0 Å². The molecule has 5 heteroatoms. The van der Waals surface area contributed by atoms with Crippen LogP contribution in [0.5, 0.6) is 0 Å². The Bertz CT molecular complexity index is 537. The Morgan fingerprint density at radius 3 is 2.59 bits per heavy atom. The second kappa shape index (κ2) is 7.87. The molecule has 0 radical (unpaired) electrons. The van der Waals surface area contributed by atoms with E-state index in [0.29, 0.717) is 24.8 Å². The number of hydrogen-bond donors (Lipinski definition) is 2. The summed E-state index contributed by atoms with van der Waals surface area (Å²) in [7, 11) is 0. The standard InChI is InChI=1S/C17H20O5/c18-14-9-5-4-8-13(10-11-15(19)16(14)20)22-17(21)12-6-2-1-3-7-12/h1-3,5-7,9,13-14,16,18,20H,4,8,10-11H2. The fourth-order valence-electron chi connectivity index (χ4n) is 2.32. The molecule has 1 aromatic rings. The number of ether oxygens (including phenoxy) is 1. The summed E-state index contributed by atoms with van der Waals surface area (Å²) in [6.45, 7) is 0. The highest BCUT2D eigenvalue weighted by molar-refractivity contribution is 5.89. The van der Waals surface area contributed by atoms with E-state index in [4.69, 9.17) is 4.74 Å². The molecule has 0 saturated heterocycles. The highest BCUT2D eigenvalue weighted by Crippen LogP contribution is 2.16. The van der Waals surface area contributed by atoms with Crippen LogP contribution < -0.4 is 0 Å². The predicted molar refractivity (Wildman–Crippen MR) is 80.3 cm³/mol. The maximum absolute atomic E-state index is 12.0. The first-order valence-corrected chi connectivity index (χ1v) is 7.39. The van der Waals surface area contributed by atoms with Crippen LogP contribution in [0.25, 0.3) is 0 Å². The lowest BCUT2D eigenvalue weighted by Gasteiger charge is -2.20. The molecule has 2 rings (SSSR count). The van der Waals surface area contributed by atoms with Crippen LogP contribution in [-0.4, -0.2) is 40.3 Å². The lowest BCUT2D eigenvalue weighted by Crippen LogP contribution is -2.33. The van der Waals surface area contributed by atoms with Crippen LogP contribution in [0.3, 0.4) is 0 Å². The van der Waals surface area contributed by atoms with Crippen molar-refractivity contribution in [2.45, 2.75) is 44.0 Å². The van der Waals surface area contributed by atoms with Crippen molar-refractivity contribution in [3.63, 3.8) is 0 Å². The molecule has 0 spiro atoms. The first kappa shape index (κ1) is 16.4. The molecule has 5 nitrogen and oxygen atoms in total. The van der Waals surface area contributed by atoms with Crippen molar-refractivity contribution < 1.29 is 24.5 Å². The summed E-state index contributed by atoms with van der Waals surface area (Å²) in [5.74, 6) is -0.862. The van der Waals surface area contributed by atoms with Gasteiger partial charge >= 0.3 is 5.97 Å². The van der Waals surface area contributed by atoms with E-state index in [0.717, 1.165) is 0 Å². The minimum atomic E-state index is -1.42. The molecule has 1 aromatic carbocycles. The third kappa shape index (κ3) is 4.51. The zero-order valence-corrected chi connectivity index (χ0v) is 12.2. The molecule has 1 aliphatic rings. The van der Waals surface area contributed by atoms with Gasteiger partial charge in [0.05, 0.1) is 5.56 Å². The Labute approximate surface area is 129 Å². The minimum absolute atomic E-state index is 0.0683. The van der Waals surface area contributed by atoms with Gasteiger partial charge in [-0.3, -0.25) is 4.79 Å². The summed E-state index contributed by atoms with van der Waals surface area (Å²) in [5, 5.41) is 19.2. The lowest BCUT2D eigenvalue weighted by molar-refractivity contribution is -0.131. The summed E-state index contributed by atoms with van der Waals surface area (Å²) >= 11 is 0. The molecule has 22 heavy (non-hydrogen) atoms. The van der Waals surface area contributed by atoms with Crippen LogP contribution in [0.1, 0.15) is 36.0 Å². The Balaban J connectivity index is 2.00. The largest absolute Gasteiger partial charge is 0.459 e. The number of rotatable bonds is 2. The van der Waals surface area contributed by atoms with Gasteiger partial charge in [0.2, 0.25) is 0 Å². The van der Waals surface area contributed by atoms with Crippen LogP contribution >= 0.6 is 0 Å². The van der Waals surface area contributed by atoms with E-state index >= 15 is 0 Å². The van der Waals surface area contributed by atoms with Crippen molar-refractivity contribution in [2.75, 3.05) is 0 Å². The Morgan fingerprint density at radius 1 is 1.14 bits per heavy atom. The Hall–Kier alpha value is -1.98. The number of Topliss-reactive ketones (excluding diaryl/α,β-unsaturated/α-hetero) is 1. The number of ketones is 1. The normalized spacial score (nSPS) is 26.5. The van der Waals surface area contributed by atoms with E-state index in [1.807, 2.05) is 6.07 Å². The SMILES string of the molecule is O=C(OC1CCC=CC(O)C(O)C(=O)CC1)c1ccccc1. The molecule has 0 amide bonds. The van der Waals surface area contributed by atoms with Gasteiger partial charge < -0.3 is 14.9 Å². The number of carbonyl (C=O) groups is 2. The summed E-state index contributed by atoms with van der Waals surface area (Å²) in [6, 6.07) is 8.68. The predicted octanol–water partition coefficient (Wildman–Crippen LogP) is 1.63. The second-order valence-electron chi connectivity index (χ2n) is 5.34. The van der Waals surface area contributed by atoms with E-state index in [1.165, 1.54) is 6.08 Å². The first-order valence-electron chi connectivity index (χ1n) is 7.39. The molecule has 3 unspecified atom stereocenters. The van der Waals surface area contributed by atoms with E-state index in [2.05, 4.69) is 0 Å². The number of aliphatic hydroxyl groups excluding tert-OH is 2. The number of aliphatic hydroxyl groups is 2. The van der Waals surface area contributed by atoms with Crippen LogP contribution in [0.15, 0.2) is 42.5 Å². The van der Waals surface area contributed by atoms with Crippen molar-refractivity contribution in [3.05, 3.63) is 48.0 Å². The maximum Gasteiger partial charge on any atom is 0.338 e. The van der Waals surface area contributed by atoms with E-state index in [-0.39, 0.29) is 12.5 Å². The number of carbonyl (C=O) groups excluding carboxylic acids is 2. The van der Waals surface area contributed by atoms with E-state index in [9.17, 15) is 19.8 Å². The van der Waals surface area contributed by atoms with Crippen LogP contribution in [0, 0.1) is 0 Å². The van der Waals surface area contributed by atoms with Crippen molar-refractivity contribution in [1.29, 1.82) is 0 Å². The molecule has 3 atom stereocenters. The van der Waals surface area contributed by atoms with Gasteiger partial charge in [0.15, 0.2) is 5.78 Å². The van der Waals surface area contributed by atoms with Crippen molar-refractivity contribution in [1.82, 2.24) is 0 Å². The van der Waals surface area contributed by atoms with E-state index in [1.54, 1.807) is 30.3 Å². The number of benzene rings is 1. The molecule has 0 aromatic heterocycles. The fraction of sp³-hybridized carbons (Fsp3) is 0.412. The molecular weight excluding hydrogens is 284 g/mol. The van der Waals surface area contributed by atoms with Gasteiger partial charge in [0.25, 0.3) is 0 Å². The third-order valence-corrected chi connectivity index (χ3v) is 3.64. The zero-order valence-electron chi connectivity index (χ0n) is 12.2. The number of allylic oxidation sites excluding steroid dienone is 1. The Morgan fingerprint density at radius 2 is 1.86 bits per heavy atom. The summed E-state index contributed by atoms with van der Waals surface area (Å²) < 4.78 is 5.45. The van der Waals surface area contributed by atoms with Gasteiger partial charge in [-0.1, -0.05) is 30.4 Å². The molecule has 118 valence electrons. The Kier molecular flexibility index (Phi) is 5.86. The minimum Gasteiger partial charge on any atom is -0.459 e. The summed E-state index contributed by atoms with van der Waals surface area (Å²) in [5.41, 5.74) is 0.469. The molecule has 0 saturated carbocycles. The topological polar surface area (TPSA) is 83.8 Å². The fourth-order valence-corrected chi connectivity index (χ4v) is 2.32. The quantitative estimate of drug-likeness (QED) is 0.641. The molecular formula is C17H20O5. The molecule has 1 aliphatic carbocycles. The molecule has 2 N–H and O–H groups in total. The monoisotopic (exact) mass is 304 g/mol. The highest BCUT2D eigenvalue weighted by Gasteiger charge is 2.25. The van der Waals surface area contributed by atoms with Crippen molar-refractivity contribution >= 4 is 11.8 Å². The first-order chi connectivity index (χ1) is 10.6. The average molecular weight is 304 g/mol. The number of esters is 1. The average Bonchev–Trinajstić information content (AvgIpc) is 2.54. The number of hydrogen-bond acceptors (Lipinski definition) is 5. The van der Waals surface area contributed by atoms with Crippen molar-refractivity contribution in [2.24, 2.45) is 0 Å². The van der Waals surface area contributed by atoms with E-state index < -0.39 is 24.0 Å². The zero-order chi connectivity index (χ0) is 15.9. The maximum atomic E-state index is 12.0. The van der Waals surface area contributed by atoms with Gasteiger partial charge in [0, 0.05) is 6.42 Å². The second-order valence-corrected chi connectivity index (χ2v) is 5.34. The molecule has 0 aliphatic heterocycles. The van der Waals surface area contributed by atoms with Crippen molar-refractivity contribution in [3.8, 4) is 0 Å². The smallest absolute Gasteiger partial charge is 0.338 e. The third-order valence-electron chi connectivity index (χ3n) is 3.64. The van der Waals surface area contributed by atoms with Crippen LogP contribution in [0.4, 0.5) is 0 Å². The van der Waals surface area contributed by atoms with Crippen LogP contribution in [-0.2, 0) is 9.53 Å². The molecule has 0 fully saturated rings. The lowest BCUT2D eigenvalue weighted by atomic mass is 9.98. The van der Waals surface area contributed by atoms with Crippen LogP contribution in [0.2, 0.25) is 0 Å². The van der Waals surface area contributed by atoms with Gasteiger partial charge in [-0.15, -0.1) is 0 Å². The van der Waals surface area contributed by atoms with Gasteiger partial charge in [-0.05, 0) is 31.4 Å². The summed E-state index contributed by atoms with van der Waals surface area (Å²) in [6.07, 6.45) is 1.71. The molecule has 0 bridgehead atoms.